The number of aromatic nitrogens is 2. The molecular weight excluding hydrogens is 142 g/mol. The molecule has 58 valence electrons. The van der Waals surface area contributed by atoms with Gasteiger partial charge in [-0.2, -0.15) is 0 Å². The highest BCUT2D eigenvalue weighted by Crippen LogP contribution is 2.04. The summed E-state index contributed by atoms with van der Waals surface area (Å²) in [5.74, 6) is 0.350. The van der Waals surface area contributed by atoms with Crippen LogP contribution in [0.2, 0.25) is 0 Å². The fraction of sp³-hybridized carbons (Fsp3) is 0.143. The van der Waals surface area contributed by atoms with Crippen molar-refractivity contribution in [1.29, 1.82) is 0 Å². The average Bonchev–Trinajstić information content (AvgIpc) is 1.95. The fourth-order valence-electron chi connectivity index (χ4n) is 0.730. The van der Waals surface area contributed by atoms with Gasteiger partial charge in [0.2, 0.25) is 0 Å². The van der Waals surface area contributed by atoms with Crippen molar-refractivity contribution in [2.45, 2.75) is 6.92 Å². The summed E-state index contributed by atoms with van der Waals surface area (Å²) < 4.78 is 0. The highest BCUT2D eigenvalue weighted by molar-refractivity contribution is 5.58. The van der Waals surface area contributed by atoms with Crippen molar-refractivity contribution in [2.24, 2.45) is 0 Å². The molecule has 4 heteroatoms. The predicted octanol–water partition coefficient (Wildman–Crippen LogP) is 0.385. The van der Waals surface area contributed by atoms with E-state index in [2.05, 4.69) is 9.97 Å². The number of allylic oxidation sites excluding steroid dienone is 1. The molecule has 0 saturated heterocycles. The number of anilines is 1. The van der Waals surface area contributed by atoms with Crippen LogP contribution in [0.15, 0.2) is 17.1 Å². The summed E-state index contributed by atoms with van der Waals surface area (Å²) in [6.45, 7) is 1.87. The number of rotatable bonds is 1. The predicted molar refractivity (Wildman–Crippen MR) is 44.0 cm³/mol. The van der Waals surface area contributed by atoms with Gasteiger partial charge in [0.05, 0.1) is 0 Å². The van der Waals surface area contributed by atoms with Crippen molar-refractivity contribution in [3.8, 4) is 0 Å². The van der Waals surface area contributed by atoms with Crippen molar-refractivity contribution in [3.63, 3.8) is 0 Å². The first-order valence-electron chi connectivity index (χ1n) is 3.21. The van der Waals surface area contributed by atoms with Crippen LogP contribution in [0.3, 0.4) is 0 Å². The maximum atomic E-state index is 10.6. The second-order valence-electron chi connectivity index (χ2n) is 2.06. The Labute approximate surface area is 63.8 Å². The van der Waals surface area contributed by atoms with Gasteiger partial charge in [-0.1, -0.05) is 12.2 Å². The van der Waals surface area contributed by atoms with E-state index in [0.29, 0.717) is 5.82 Å². The van der Waals surface area contributed by atoms with E-state index in [4.69, 9.17) is 5.73 Å². The second-order valence-corrected chi connectivity index (χ2v) is 2.06. The number of nitrogens with zero attached hydrogens (tertiary/aromatic N) is 1. The summed E-state index contributed by atoms with van der Waals surface area (Å²) in [5.41, 5.74) is 5.77. The van der Waals surface area contributed by atoms with E-state index in [9.17, 15) is 4.79 Å². The summed E-state index contributed by atoms with van der Waals surface area (Å²) in [6, 6.07) is 0. The zero-order chi connectivity index (χ0) is 8.27. The Bertz CT molecular complexity index is 327. The molecule has 0 spiro atoms. The Morgan fingerprint density at radius 2 is 2.45 bits per heavy atom. The maximum absolute atomic E-state index is 10.6. The standard InChI is InChI=1S/C7H9N3O/c1-2-3-5-4-9-7(11)10-6(5)8/h2-4H,1H3,(H3,8,9,10,11)/b3-2+. The second kappa shape index (κ2) is 3.01. The quantitative estimate of drug-likeness (QED) is 0.609. The molecule has 0 amide bonds. The molecule has 0 saturated carbocycles. The molecular formula is C7H9N3O. The van der Waals surface area contributed by atoms with Crippen LogP contribution in [0.5, 0.6) is 0 Å². The Balaban J connectivity index is 3.19. The molecule has 0 radical (unpaired) electrons. The molecule has 0 unspecified atom stereocenters. The van der Waals surface area contributed by atoms with Gasteiger partial charge in [0.1, 0.15) is 5.82 Å². The van der Waals surface area contributed by atoms with E-state index in [-0.39, 0.29) is 0 Å². The molecule has 1 rings (SSSR count). The van der Waals surface area contributed by atoms with Gasteiger partial charge in [0.15, 0.2) is 0 Å². The minimum Gasteiger partial charge on any atom is -0.385 e. The van der Waals surface area contributed by atoms with Crippen molar-refractivity contribution in [2.75, 3.05) is 5.73 Å². The third-order valence-corrected chi connectivity index (χ3v) is 1.22. The Morgan fingerprint density at radius 3 is 3.00 bits per heavy atom. The summed E-state index contributed by atoms with van der Waals surface area (Å²) in [5, 5.41) is 0. The zero-order valence-corrected chi connectivity index (χ0v) is 6.16. The molecule has 1 aromatic rings. The average molecular weight is 151 g/mol. The van der Waals surface area contributed by atoms with Gasteiger partial charge in [-0.15, -0.1) is 0 Å². The molecule has 11 heavy (non-hydrogen) atoms. The highest BCUT2D eigenvalue weighted by Gasteiger charge is 1.94. The number of hydrogen-bond donors (Lipinski definition) is 2. The number of aromatic amines is 1. The van der Waals surface area contributed by atoms with Crippen LogP contribution in [0.1, 0.15) is 12.5 Å². The lowest BCUT2D eigenvalue weighted by molar-refractivity contribution is 1.08. The Kier molecular flexibility index (Phi) is 2.06. The molecule has 0 aliphatic heterocycles. The van der Waals surface area contributed by atoms with E-state index < -0.39 is 5.69 Å². The maximum Gasteiger partial charge on any atom is 0.346 e. The molecule has 4 nitrogen and oxygen atoms in total. The van der Waals surface area contributed by atoms with Crippen molar-refractivity contribution < 1.29 is 0 Å². The van der Waals surface area contributed by atoms with Crippen LogP contribution in [0.25, 0.3) is 6.08 Å². The number of H-pyrrole nitrogens is 1. The summed E-state index contributed by atoms with van der Waals surface area (Å²) in [4.78, 5) is 16.5. The number of hydrogen-bond acceptors (Lipinski definition) is 3. The van der Waals surface area contributed by atoms with Gasteiger partial charge in [0.25, 0.3) is 0 Å². The summed E-state index contributed by atoms with van der Waals surface area (Å²) in [6.07, 6.45) is 5.04. The van der Waals surface area contributed by atoms with Crippen LogP contribution in [0.4, 0.5) is 5.82 Å². The smallest absolute Gasteiger partial charge is 0.346 e. The molecule has 0 aliphatic rings. The number of nitrogens with two attached hydrogens (primary N) is 1. The lowest BCUT2D eigenvalue weighted by atomic mass is 10.3. The molecule has 0 fully saturated rings. The van der Waals surface area contributed by atoms with Crippen molar-refractivity contribution in [3.05, 3.63) is 28.3 Å². The van der Waals surface area contributed by atoms with E-state index in [0.717, 1.165) is 5.56 Å². The third-order valence-electron chi connectivity index (χ3n) is 1.22. The molecule has 0 atom stereocenters. The van der Waals surface area contributed by atoms with Gasteiger partial charge in [0, 0.05) is 11.8 Å². The first-order valence-corrected chi connectivity index (χ1v) is 3.21. The monoisotopic (exact) mass is 151 g/mol. The van der Waals surface area contributed by atoms with Crippen molar-refractivity contribution in [1.82, 2.24) is 9.97 Å². The topological polar surface area (TPSA) is 71.8 Å². The van der Waals surface area contributed by atoms with Gasteiger partial charge >= 0.3 is 5.69 Å². The normalized spacial score (nSPS) is 10.6. The van der Waals surface area contributed by atoms with Gasteiger partial charge in [-0.05, 0) is 6.92 Å². The van der Waals surface area contributed by atoms with E-state index >= 15 is 0 Å². The van der Waals surface area contributed by atoms with E-state index in [1.165, 1.54) is 6.20 Å². The van der Waals surface area contributed by atoms with Crippen LogP contribution < -0.4 is 11.4 Å². The molecule has 0 aliphatic carbocycles. The molecule has 0 bridgehead atoms. The highest BCUT2D eigenvalue weighted by atomic mass is 16.1. The largest absolute Gasteiger partial charge is 0.385 e. The van der Waals surface area contributed by atoms with Crippen molar-refractivity contribution >= 4 is 11.9 Å². The third kappa shape index (κ3) is 1.67. The van der Waals surface area contributed by atoms with Gasteiger partial charge in [-0.3, -0.25) is 4.98 Å². The zero-order valence-electron chi connectivity index (χ0n) is 6.16. The SMILES string of the molecule is C/C=C/c1cnc(=O)[nH]c1N. The molecule has 0 aromatic carbocycles. The van der Waals surface area contributed by atoms with Crippen LogP contribution >= 0.6 is 0 Å². The fourth-order valence-corrected chi connectivity index (χ4v) is 0.730. The van der Waals surface area contributed by atoms with E-state index in [1.54, 1.807) is 6.08 Å². The number of nitrogens with one attached hydrogen (secondary N) is 1. The molecule has 3 N–H and O–H groups in total. The van der Waals surface area contributed by atoms with Crippen LogP contribution in [-0.2, 0) is 0 Å². The first-order chi connectivity index (χ1) is 5.24. The molecule has 1 heterocycles. The lowest BCUT2D eigenvalue weighted by Gasteiger charge is -1.95. The Hall–Kier alpha value is -1.58. The minimum absolute atomic E-state index is 0.350. The van der Waals surface area contributed by atoms with Gasteiger partial charge < -0.3 is 5.73 Å². The van der Waals surface area contributed by atoms with E-state index in [1.807, 2.05) is 13.0 Å². The summed E-state index contributed by atoms with van der Waals surface area (Å²) in [7, 11) is 0. The minimum atomic E-state index is -0.421. The van der Waals surface area contributed by atoms with Crippen LogP contribution in [0, 0.1) is 0 Å². The summed E-state index contributed by atoms with van der Waals surface area (Å²) >= 11 is 0. The number of nitrogen functional groups attached to an aromatic ring is 1. The van der Waals surface area contributed by atoms with Gasteiger partial charge in [-0.25, -0.2) is 9.78 Å². The Morgan fingerprint density at radius 1 is 1.73 bits per heavy atom. The lowest BCUT2D eigenvalue weighted by Crippen LogP contribution is -2.12. The molecule has 1 aromatic heterocycles. The van der Waals surface area contributed by atoms with Crippen LogP contribution in [-0.4, -0.2) is 9.97 Å². The first kappa shape index (κ1) is 7.53.